The van der Waals surface area contributed by atoms with Crippen LogP contribution in [0.2, 0.25) is 0 Å². The Hall–Kier alpha value is -4.61. The van der Waals surface area contributed by atoms with Crippen molar-refractivity contribution in [1.29, 1.82) is 0 Å². The van der Waals surface area contributed by atoms with E-state index in [0.717, 1.165) is 6.42 Å². The molecule has 1 aromatic heterocycles. The van der Waals surface area contributed by atoms with E-state index in [1.54, 1.807) is 19.1 Å². The van der Waals surface area contributed by atoms with Gasteiger partial charge in [0, 0.05) is 23.3 Å². The zero-order valence-corrected chi connectivity index (χ0v) is 35.0. The second-order valence-electron chi connectivity index (χ2n) is 18.3. The van der Waals surface area contributed by atoms with Gasteiger partial charge in [-0.15, -0.1) is 0 Å². The van der Waals surface area contributed by atoms with Crippen LogP contribution in [0.4, 0.5) is 18.0 Å². The molecule has 1 spiro atoms. The quantitative estimate of drug-likeness (QED) is 0.295. The summed E-state index contributed by atoms with van der Waals surface area (Å²) in [5.74, 6) is -3.63. The summed E-state index contributed by atoms with van der Waals surface area (Å²) in [5, 5.41) is 5.95. The first kappa shape index (κ1) is 42.1. The number of hydrogen-bond acceptors (Lipinski definition) is 10. The molecule has 8 rings (SSSR count). The molecule has 4 heterocycles. The summed E-state index contributed by atoms with van der Waals surface area (Å²) in [6.45, 7) is 4.77. The number of halogens is 3. The molecule has 3 N–H and O–H groups in total. The topological polar surface area (TPSA) is 182 Å². The van der Waals surface area contributed by atoms with Gasteiger partial charge in [-0.1, -0.05) is 31.9 Å². The first-order valence-electron chi connectivity index (χ1n) is 20.8. The SMILES string of the molecule is COc1ccc2nc(C(F)(F)F)c3c(c2c1)C(C)CC1(CC2C(=O)NC4(C(=O)NS(=O)(=O)C5(C)CC5)CC4C=CCCCCCC(NC(=O)OC4(C)CCC4)C(=O)N2C1)O3. The van der Waals surface area contributed by atoms with Crippen molar-refractivity contribution in [3.8, 4) is 11.5 Å². The number of benzene rings is 1. The van der Waals surface area contributed by atoms with Crippen molar-refractivity contribution in [2.24, 2.45) is 5.92 Å². The maximum atomic E-state index is 14.9. The highest BCUT2D eigenvalue weighted by molar-refractivity contribution is 7.91. The lowest BCUT2D eigenvalue weighted by molar-refractivity contribution is -0.144. The molecule has 0 bridgehead atoms. The summed E-state index contributed by atoms with van der Waals surface area (Å²) in [5.41, 5.74) is -4.80. The molecule has 4 amide bonds. The van der Waals surface area contributed by atoms with Crippen LogP contribution in [-0.2, 0) is 35.3 Å². The molecule has 60 heavy (non-hydrogen) atoms. The minimum atomic E-state index is -4.94. The zero-order chi connectivity index (χ0) is 43.0. The highest BCUT2D eigenvalue weighted by Gasteiger charge is 2.64. The van der Waals surface area contributed by atoms with E-state index in [1.165, 1.54) is 31.1 Å². The summed E-state index contributed by atoms with van der Waals surface area (Å²) in [4.78, 5) is 62.2. The number of methoxy groups -OCH3 is 1. The van der Waals surface area contributed by atoms with E-state index in [4.69, 9.17) is 14.2 Å². The van der Waals surface area contributed by atoms with E-state index in [1.807, 2.05) is 13.0 Å². The van der Waals surface area contributed by atoms with E-state index in [9.17, 15) is 40.8 Å². The summed E-state index contributed by atoms with van der Waals surface area (Å²) in [6, 6.07) is 2.01. The molecule has 0 radical (unpaired) electrons. The first-order valence-corrected chi connectivity index (χ1v) is 22.3. The van der Waals surface area contributed by atoms with Gasteiger partial charge in [0.2, 0.25) is 21.8 Å². The van der Waals surface area contributed by atoms with Crippen molar-refractivity contribution in [3.63, 3.8) is 0 Å². The molecule has 6 unspecified atom stereocenters. The number of sulfonamides is 1. The van der Waals surface area contributed by atoms with Crippen molar-refractivity contribution in [2.45, 2.75) is 150 Å². The third-order valence-corrected chi connectivity index (χ3v) is 15.8. The molecular weight excluding hydrogens is 808 g/mol. The number of allylic oxidation sites excluding steroid dienone is 1. The predicted molar refractivity (Wildman–Crippen MR) is 211 cm³/mol. The van der Waals surface area contributed by atoms with Gasteiger partial charge in [0.15, 0.2) is 11.4 Å². The molecular formula is C42H52F3N5O9S. The van der Waals surface area contributed by atoms with E-state index < -0.39 is 96.9 Å². The highest BCUT2D eigenvalue weighted by atomic mass is 32.2. The Morgan fingerprint density at radius 2 is 1.78 bits per heavy atom. The first-order chi connectivity index (χ1) is 28.2. The van der Waals surface area contributed by atoms with Crippen LogP contribution in [0.1, 0.15) is 121 Å². The molecule has 3 aliphatic heterocycles. The third kappa shape index (κ3) is 7.65. The molecule has 3 aliphatic carbocycles. The number of nitrogens with zero attached hydrogens (tertiary/aromatic N) is 2. The number of nitrogens with one attached hydrogen (secondary N) is 3. The molecule has 14 nitrogen and oxygen atoms in total. The number of hydrogen-bond donors (Lipinski definition) is 3. The second kappa shape index (κ2) is 14.8. The monoisotopic (exact) mass is 859 g/mol. The molecule has 326 valence electrons. The average Bonchev–Trinajstić information content (AvgIpc) is 4.06. The van der Waals surface area contributed by atoms with Gasteiger partial charge in [-0.3, -0.25) is 19.1 Å². The predicted octanol–water partition coefficient (Wildman–Crippen LogP) is 5.92. The van der Waals surface area contributed by atoms with E-state index in [2.05, 4.69) is 20.3 Å². The minimum absolute atomic E-state index is 0.0893. The van der Waals surface area contributed by atoms with Crippen LogP contribution in [0.15, 0.2) is 30.4 Å². The number of ether oxygens (including phenoxy) is 3. The molecule has 2 aromatic rings. The summed E-state index contributed by atoms with van der Waals surface area (Å²) < 4.78 is 89.8. The van der Waals surface area contributed by atoms with Gasteiger partial charge >= 0.3 is 12.3 Å². The molecule has 6 aliphatic rings. The molecule has 1 saturated heterocycles. The van der Waals surface area contributed by atoms with E-state index >= 15 is 0 Å². The van der Waals surface area contributed by atoms with Gasteiger partial charge in [0.1, 0.15) is 34.6 Å². The number of carbonyl (C=O) groups excluding carboxylic acids is 4. The maximum absolute atomic E-state index is 14.9. The molecule has 1 aromatic carbocycles. The van der Waals surface area contributed by atoms with Crippen LogP contribution in [-0.4, -0.2) is 89.3 Å². The summed E-state index contributed by atoms with van der Waals surface area (Å²) in [7, 11) is -2.65. The van der Waals surface area contributed by atoms with Crippen LogP contribution in [0.3, 0.4) is 0 Å². The number of aromatic nitrogens is 1. The molecule has 3 saturated carbocycles. The Kier molecular flexibility index (Phi) is 10.4. The number of amides is 4. The van der Waals surface area contributed by atoms with Gasteiger partial charge < -0.3 is 29.7 Å². The largest absolute Gasteiger partial charge is 0.497 e. The number of pyridine rings is 1. The Balaban J connectivity index is 1.18. The van der Waals surface area contributed by atoms with Crippen LogP contribution < -0.4 is 24.8 Å². The normalized spacial score (nSPS) is 30.9. The van der Waals surface area contributed by atoms with Crippen molar-refractivity contribution in [1.82, 2.24) is 25.2 Å². The fourth-order valence-electron chi connectivity index (χ4n) is 9.46. The Labute approximate surface area is 346 Å². The van der Waals surface area contributed by atoms with Crippen molar-refractivity contribution in [2.75, 3.05) is 13.7 Å². The molecule has 6 atom stereocenters. The number of carbonyl (C=O) groups is 4. The van der Waals surface area contributed by atoms with Crippen molar-refractivity contribution in [3.05, 3.63) is 41.6 Å². The lowest BCUT2D eigenvalue weighted by atomic mass is 9.80. The fourth-order valence-corrected chi connectivity index (χ4v) is 10.8. The van der Waals surface area contributed by atoms with Gasteiger partial charge in [-0.05, 0) is 102 Å². The standard InChI is InChI=1S/C42H52F3N5O9S/c1-24-20-40(58-32-31(24)27-19-26(57-4)13-14-28(27)46-33(32)42(43,44)45)22-30-34(51)48-41(36(53)49-60(55,56)39(3)17-18-39)21-25(41)11-8-6-5-7-9-12-29(35(52)50(30)23-40)47-37(54)59-38(2)15-10-16-38/h8,11,13-14,19,24-25,29-30H,5-7,9-10,12,15-18,20-23H2,1-4H3,(H,47,54)(H,48,51)(H,49,53). The summed E-state index contributed by atoms with van der Waals surface area (Å²) in [6.07, 6.45) is 3.50. The molecule has 18 heteroatoms. The lowest BCUT2D eigenvalue weighted by Gasteiger charge is -2.40. The number of alkyl carbamates (subject to hydrolysis) is 1. The molecule has 4 fully saturated rings. The van der Waals surface area contributed by atoms with Gasteiger partial charge in [0.25, 0.3) is 5.91 Å². The summed E-state index contributed by atoms with van der Waals surface area (Å²) >= 11 is 0. The zero-order valence-electron chi connectivity index (χ0n) is 34.2. The van der Waals surface area contributed by atoms with Gasteiger partial charge in [0.05, 0.1) is 23.9 Å². The van der Waals surface area contributed by atoms with Crippen LogP contribution in [0.5, 0.6) is 11.5 Å². The number of alkyl halides is 3. The maximum Gasteiger partial charge on any atom is 0.437 e. The Bertz CT molecular complexity index is 2260. The van der Waals surface area contributed by atoms with Gasteiger partial charge in [-0.25, -0.2) is 18.2 Å². The fraction of sp³-hybridized carbons (Fsp3) is 0.643. The Morgan fingerprint density at radius 3 is 2.45 bits per heavy atom. The lowest BCUT2D eigenvalue weighted by Crippen LogP contribution is -2.59. The second-order valence-corrected chi connectivity index (χ2v) is 20.5. The number of rotatable bonds is 6. The highest BCUT2D eigenvalue weighted by Crippen LogP contribution is 2.53. The third-order valence-electron chi connectivity index (χ3n) is 13.6. The van der Waals surface area contributed by atoms with Gasteiger partial charge in [-0.2, -0.15) is 13.2 Å². The minimum Gasteiger partial charge on any atom is -0.497 e. The smallest absolute Gasteiger partial charge is 0.437 e. The van der Waals surface area contributed by atoms with Crippen LogP contribution >= 0.6 is 0 Å². The van der Waals surface area contributed by atoms with E-state index in [-0.39, 0.29) is 43.3 Å². The van der Waals surface area contributed by atoms with Crippen LogP contribution in [0.25, 0.3) is 10.9 Å². The average molecular weight is 860 g/mol. The van der Waals surface area contributed by atoms with Crippen LogP contribution in [0, 0.1) is 5.92 Å². The Morgan fingerprint density at radius 1 is 1.03 bits per heavy atom. The van der Waals surface area contributed by atoms with Crippen molar-refractivity contribution < 1.29 is 55.0 Å². The van der Waals surface area contributed by atoms with E-state index in [0.29, 0.717) is 62.5 Å². The van der Waals surface area contributed by atoms with Crippen molar-refractivity contribution >= 4 is 44.7 Å². The number of fused-ring (bicyclic) bond motifs is 5.